The van der Waals surface area contributed by atoms with Gasteiger partial charge in [-0.15, -0.1) is 0 Å². The minimum atomic E-state index is -3.11. The molecule has 0 N–H and O–H groups in total. The van der Waals surface area contributed by atoms with Crippen LogP contribution < -0.4 is 0 Å². The fourth-order valence-corrected chi connectivity index (χ4v) is 5.54. The maximum atomic E-state index is 14.6. The van der Waals surface area contributed by atoms with E-state index in [4.69, 9.17) is 6.57 Å². The molecule has 0 unspecified atom stereocenters. The highest BCUT2D eigenvalue weighted by molar-refractivity contribution is 7.16. The molecule has 4 rings (SSSR count). The van der Waals surface area contributed by atoms with Gasteiger partial charge in [-0.3, -0.25) is 9.48 Å². The molecule has 0 bridgehead atoms. The molecule has 188 valence electrons. The van der Waals surface area contributed by atoms with Gasteiger partial charge in [0.2, 0.25) is 10.9 Å². The first-order chi connectivity index (χ1) is 17.1. The number of hydrogen-bond acceptors (Lipinski definition) is 4. The summed E-state index contributed by atoms with van der Waals surface area (Å²) in [5.74, 6) is -3.48. The van der Waals surface area contributed by atoms with Crippen LogP contribution in [0.1, 0.15) is 41.5 Å². The Morgan fingerprint density at radius 1 is 1.31 bits per heavy atom. The Bertz CT molecular complexity index is 1330. The molecule has 1 aliphatic heterocycles. The van der Waals surface area contributed by atoms with E-state index in [-0.39, 0.29) is 17.5 Å². The van der Waals surface area contributed by atoms with E-state index in [2.05, 4.69) is 9.94 Å². The number of fused-ring (bicyclic) bond motifs is 1. The van der Waals surface area contributed by atoms with Gasteiger partial charge in [-0.25, -0.2) is 4.85 Å². The van der Waals surface area contributed by atoms with Gasteiger partial charge in [-0.2, -0.15) is 25.2 Å². The number of carbonyl (C=O) groups excluding carboxylic acids is 1. The van der Waals surface area contributed by atoms with E-state index in [9.17, 15) is 13.6 Å². The van der Waals surface area contributed by atoms with Crippen molar-refractivity contribution < 1.29 is 13.6 Å². The molecule has 3 aromatic rings. The Morgan fingerprint density at radius 2 is 2.06 bits per heavy atom. The van der Waals surface area contributed by atoms with Gasteiger partial charge < -0.3 is 9.80 Å². The number of rotatable bonds is 7. The summed E-state index contributed by atoms with van der Waals surface area (Å²) in [5.41, 5.74) is 2.60. The molecular formula is C27H29F2N5OS. The summed E-state index contributed by atoms with van der Waals surface area (Å²) in [6, 6.07) is 9.35. The first kappa shape index (κ1) is 25.7. The average molecular weight is 510 g/mol. The lowest BCUT2D eigenvalue weighted by Gasteiger charge is -2.34. The van der Waals surface area contributed by atoms with E-state index < -0.39 is 5.92 Å². The topological polar surface area (TPSA) is 45.7 Å². The van der Waals surface area contributed by atoms with Crippen LogP contribution in [0, 0.1) is 6.57 Å². The van der Waals surface area contributed by atoms with E-state index in [0.717, 1.165) is 22.9 Å². The summed E-state index contributed by atoms with van der Waals surface area (Å²) in [6.07, 6.45) is 5.08. The molecular weight excluding hydrogens is 480 g/mol. The molecule has 0 saturated heterocycles. The maximum Gasteiger partial charge on any atom is 0.289 e. The van der Waals surface area contributed by atoms with Gasteiger partial charge in [-0.05, 0) is 43.8 Å². The number of hydrogen-bond donors (Lipinski definition) is 0. The van der Waals surface area contributed by atoms with Crippen LogP contribution in [-0.2, 0) is 23.8 Å². The van der Waals surface area contributed by atoms with Crippen LogP contribution >= 0.6 is 11.3 Å². The SMILES string of the molecule is [C-]#[N+]c1cc2c(s1)CN(C(=O)/C=C/CN(C)C)C[C@H]2c1ccccc1-c1cn(CC)nc1C(C)(F)F. The standard InChI is InChI=1S/C27H29F2N5OS/c1-6-34-16-22(26(31-34)27(2,28)29)19-11-8-7-10-18(19)21-15-33(25(35)12-9-13-32(4)5)17-23-20(21)14-24(30-3)36-23/h7-12,14,16,21H,6,13,15,17H2,1-2,4-5H3/b12-9+/t21-/m0/s1. The first-order valence-electron chi connectivity index (χ1n) is 11.8. The smallest absolute Gasteiger partial charge is 0.289 e. The Morgan fingerprint density at radius 3 is 2.72 bits per heavy atom. The van der Waals surface area contributed by atoms with Gasteiger partial charge in [-0.1, -0.05) is 30.3 Å². The van der Waals surface area contributed by atoms with Gasteiger partial charge in [0.15, 0.2) is 0 Å². The quantitative estimate of drug-likeness (QED) is 0.295. The van der Waals surface area contributed by atoms with Gasteiger partial charge in [0, 0.05) is 55.2 Å². The fourth-order valence-electron chi connectivity index (χ4n) is 4.51. The Balaban J connectivity index is 1.81. The second kappa shape index (κ2) is 10.3. The maximum absolute atomic E-state index is 14.6. The second-order valence-corrected chi connectivity index (χ2v) is 10.3. The predicted octanol–water partition coefficient (Wildman–Crippen LogP) is 5.89. The van der Waals surface area contributed by atoms with Gasteiger partial charge in [0.05, 0.1) is 13.1 Å². The molecule has 6 nitrogen and oxygen atoms in total. The zero-order valence-electron chi connectivity index (χ0n) is 20.8. The third-order valence-electron chi connectivity index (χ3n) is 6.22. The van der Waals surface area contributed by atoms with Crippen LogP contribution in [-0.4, -0.2) is 52.7 Å². The lowest BCUT2D eigenvalue weighted by Crippen LogP contribution is -2.37. The number of nitrogens with zero attached hydrogens (tertiary/aromatic N) is 5. The van der Waals surface area contributed by atoms with Crippen molar-refractivity contribution >= 4 is 22.2 Å². The van der Waals surface area contributed by atoms with Crippen LogP contribution in [0.4, 0.5) is 13.8 Å². The summed E-state index contributed by atoms with van der Waals surface area (Å²) in [4.78, 5) is 21.4. The number of carbonyl (C=O) groups is 1. The molecule has 1 aromatic carbocycles. The van der Waals surface area contributed by atoms with Crippen molar-refractivity contribution in [3.05, 3.63) is 81.8 Å². The third kappa shape index (κ3) is 5.25. The highest BCUT2D eigenvalue weighted by Gasteiger charge is 2.35. The minimum absolute atomic E-state index is 0.109. The largest absolute Gasteiger partial charge is 0.333 e. The molecule has 2 aromatic heterocycles. The van der Waals surface area contributed by atoms with E-state index in [1.54, 1.807) is 17.2 Å². The average Bonchev–Trinajstić information content (AvgIpc) is 3.47. The van der Waals surface area contributed by atoms with E-state index in [1.807, 2.05) is 62.3 Å². The molecule has 1 atom stereocenters. The Kier molecular flexibility index (Phi) is 7.38. The van der Waals surface area contributed by atoms with Crippen molar-refractivity contribution in [2.45, 2.75) is 38.8 Å². The highest BCUT2D eigenvalue weighted by atomic mass is 32.1. The summed E-state index contributed by atoms with van der Waals surface area (Å²) in [7, 11) is 3.86. The molecule has 0 aliphatic carbocycles. The van der Waals surface area contributed by atoms with Crippen LogP contribution in [0.3, 0.4) is 0 Å². The van der Waals surface area contributed by atoms with Crippen molar-refractivity contribution in [1.29, 1.82) is 0 Å². The molecule has 9 heteroatoms. The Labute approximate surface area is 214 Å². The van der Waals surface area contributed by atoms with Gasteiger partial charge in [0.25, 0.3) is 5.92 Å². The fraction of sp³-hybridized carbons (Fsp3) is 0.370. The van der Waals surface area contributed by atoms with E-state index in [1.165, 1.54) is 16.0 Å². The number of alkyl halides is 2. The summed E-state index contributed by atoms with van der Waals surface area (Å²) in [5, 5.41) is 4.72. The zero-order valence-corrected chi connectivity index (χ0v) is 21.6. The van der Waals surface area contributed by atoms with Crippen molar-refractivity contribution in [1.82, 2.24) is 19.6 Å². The highest BCUT2D eigenvalue weighted by Crippen LogP contribution is 2.45. The van der Waals surface area contributed by atoms with E-state index in [0.29, 0.717) is 42.3 Å². The Hall–Kier alpha value is -3.35. The number of halogens is 2. The summed E-state index contributed by atoms with van der Waals surface area (Å²) < 4.78 is 30.7. The van der Waals surface area contributed by atoms with E-state index >= 15 is 0 Å². The lowest BCUT2D eigenvalue weighted by atomic mass is 9.83. The number of thiophene rings is 1. The number of likely N-dealkylation sites (N-methyl/N-ethyl adjacent to an activating group) is 1. The van der Waals surface area contributed by atoms with Gasteiger partial charge >= 0.3 is 0 Å². The van der Waals surface area contributed by atoms with Crippen molar-refractivity contribution in [2.75, 3.05) is 27.2 Å². The summed E-state index contributed by atoms with van der Waals surface area (Å²) >= 11 is 1.38. The molecule has 1 amide bonds. The monoisotopic (exact) mass is 509 g/mol. The normalized spacial score (nSPS) is 15.9. The molecule has 36 heavy (non-hydrogen) atoms. The van der Waals surface area contributed by atoms with Crippen molar-refractivity contribution in [3.8, 4) is 11.1 Å². The zero-order chi connectivity index (χ0) is 26.0. The van der Waals surface area contributed by atoms with Crippen LogP contribution in [0.15, 0.2) is 48.7 Å². The van der Waals surface area contributed by atoms with Crippen molar-refractivity contribution in [3.63, 3.8) is 0 Å². The molecule has 0 spiro atoms. The lowest BCUT2D eigenvalue weighted by molar-refractivity contribution is -0.127. The number of amides is 1. The number of benzene rings is 1. The second-order valence-electron chi connectivity index (χ2n) is 9.23. The van der Waals surface area contributed by atoms with Crippen LogP contribution in [0.2, 0.25) is 0 Å². The van der Waals surface area contributed by atoms with Crippen LogP contribution in [0.25, 0.3) is 16.0 Å². The summed E-state index contributed by atoms with van der Waals surface area (Å²) in [6.45, 7) is 12.2. The number of aryl methyl sites for hydroxylation is 1. The molecule has 1 aliphatic rings. The minimum Gasteiger partial charge on any atom is -0.333 e. The first-order valence-corrected chi connectivity index (χ1v) is 12.6. The predicted molar refractivity (Wildman–Crippen MR) is 138 cm³/mol. The molecule has 0 saturated carbocycles. The number of aromatic nitrogens is 2. The molecule has 0 fully saturated rings. The molecule has 3 heterocycles. The van der Waals surface area contributed by atoms with Crippen molar-refractivity contribution in [2.24, 2.45) is 0 Å². The third-order valence-corrected chi connectivity index (χ3v) is 7.25. The van der Waals surface area contributed by atoms with Gasteiger partial charge in [0.1, 0.15) is 5.69 Å². The van der Waals surface area contributed by atoms with Crippen LogP contribution in [0.5, 0.6) is 0 Å². The molecule has 0 radical (unpaired) electrons.